The van der Waals surface area contributed by atoms with E-state index in [0.29, 0.717) is 18.0 Å². The van der Waals surface area contributed by atoms with Crippen LogP contribution in [0.5, 0.6) is 0 Å². The van der Waals surface area contributed by atoms with Crippen LogP contribution in [0.25, 0.3) is 0 Å². The highest BCUT2D eigenvalue weighted by atomic mass is 16.2. The molecule has 98 valence electrons. The van der Waals surface area contributed by atoms with Gasteiger partial charge in [-0.2, -0.15) is 0 Å². The molecule has 0 aromatic rings. The van der Waals surface area contributed by atoms with Gasteiger partial charge in [0.15, 0.2) is 0 Å². The third kappa shape index (κ3) is 2.65. The number of hydrogen-bond acceptors (Lipinski definition) is 2. The molecule has 1 saturated heterocycles. The molecule has 1 heterocycles. The molecule has 17 heavy (non-hydrogen) atoms. The zero-order valence-corrected chi connectivity index (χ0v) is 11.2. The van der Waals surface area contributed by atoms with E-state index < -0.39 is 0 Å². The lowest BCUT2D eigenvalue weighted by atomic mass is 10.0. The number of nitrogens with one attached hydrogen (secondary N) is 1. The van der Waals surface area contributed by atoms with E-state index in [2.05, 4.69) is 24.1 Å². The van der Waals surface area contributed by atoms with E-state index >= 15 is 0 Å². The van der Waals surface area contributed by atoms with Crippen LogP contribution < -0.4 is 5.32 Å². The second-order valence-corrected chi connectivity index (χ2v) is 5.53. The van der Waals surface area contributed by atoms with Crippen molar-refractivity contribution in [3.05, 3.63) is 0 Å². The van der Waals surface area contributed by atoms with Crippen LogP contribution in [-0.4, -0.2) is 29.6 Å². The minimum absolute atomic E-state index is 0.0946. The summed E-state index contributed by atoms with van der Waals surface area (Å²) in [6, 6.07) is 0.0946. The lowest BCUT2D eigenvalue weighted by Gasteiger charge is -2.28. The molecule has 2 unspecified atom stereocenters. The largest absolute Gasteiger partial charge is 0.326 e. The van der Waals surface area contributed by atoms with E-state index in [0.717, 1.165) is 25.8 Å². The van der Waals surface area contributed by atoms with Crippen LogP contribution in [0.4, 0.5) is 0 Å². The average molecular weight is 238 g/mol. The van der Waals surface area contributed by atoms with Gasteiger partial charge in [0, 0.05) is 6.54 Å². The number of hydrogen-bond donors (Lipinski definition) is 1. The predicted molar refractivity (Wildman–Crippen MR) is 69.6 cm³/mol. The molecular formula is C14H26N2O. The van der Waals surface area contributed by atoms with E-state index in [1.807, 2.05) is 0 Å². The molecular weight excluding hydrogens is 212 g/mol. The highest BCUT2D eigenvalue weighted by Gasteiger charge is 2.41. The molecule has 2 aliphatic rings. The van der Waals surface area contributed by atoms with Gasteiger partial charge in [-0.3, -0.25) is 10.1 Å². The summed E-state index contributed by atoms with van der Waals surface area (Å²) in [5.74, 6) is 1.05. The summed E-state index contributed by atoms with van der Waals surface area (Å²) in [5.41, 5.74) is 0. The molecule has 3 nitrogen and oxygen atoms in total. The van der Waals surface area contributed by atoms with Crippen LogP contribution >= 0.6 is 0 Å². The Labute approximate surface area is 105 Å². The number of nitrogens with zero attached hydrogens (tertiary/aromatic N) is 1. The van der Waals surface area contributed by atoms with Crippen molar-refractivity contribution in [3.63, 3.8) is 0 Å². The van der Waals surface area contributed by atoms with Gasteiger partial charge in [0.2, 0.25) is 5.91 Å². The monoisotopic (exact) mass is 238 g/mol. The minimum atomic E-state index is 0.0946. The maximum atomic E-state index is 12.3. The van der Waals surface area contributed by atoms with Crippen LogP contribution in [0.15, 0.2) is 0 Å². The Hall–Kier alpha value is -0.570. The van der Waals surface area contributed by atoms with Gasteiger partial charge in [-0.05, 0) is 31.6 Å². The fraction of sp³-hybridized carbons (Fsp3) is 0.929. The number of amides is 1. The molecule has 1 amide bonds. The van der Waals surface area contributed by atoms with E-state index in [1.165, 1.54) is 25.7 Å². The van der Waals surface area contributed by atoms with Crippen molar-refractivity contribution in [3.8, 4) is 0 Å². The summed E-state index contributed by atoms with van der Waals surface area (Å²) in [6.07, 6.45) is 8.75. The smallest absolute Gasteiger partial charge is 0.241 e. The zero-order chi connectivity index (χ0) is 12.3. The molecule has 1 saturated carbocycles. The van der Waals surface area contributed by atoms with Gasteiger partial charge in [0.1, 0.15) is 0 Å². The van der Waals surface area contributed by atoms with E-state index in [9.17, 15) is 4.79 Å². The molecule has 1 aliphatic carbocycles. The minimum Gasteiger partial charge on any atom is -0.326 e. The normalized spacial score (nSPS) is 30.5. The lowest BCUT2D eigenvalue weighted by molar-refractivity contribution is -0.130. The lowest BCUT2D eigenvalue weighted by Crippen LogP contribution is -2.42. The molecule has 1 aliphatic heterocycles. The molecule has 1 N–H and O–H groups in total. The van der Waals surface area contributed by atoms with Crippen LogP contribution in [0.1, 0.15) is 58.8 Å². The molecule has 2 rings (SSSR count). The average Bonchev–Trinajstić information content (AvgIpc) is 2.92. The Morgan fingerprint density at radius 1 is 1.24 bits per heavy atom. The molecule has 3 heteroatoms. The first-order chi connectivity index (χ1) is 8.27. The topological polar surface area (TPSA) is 32.3 Å². The van der Waals surface area contributed by atoms with Crippen molar-refractivity contribution in [2.24, 2.45) is 5.92 Å². The Morgan fingerprint density at radius 3 is 2.53 bits per heavy atom. The number of rotatable bonds is 5. The summed E-state index contributed by atoms with van der Waals surface area (Å²) in [5, 5.41) is 3.59. The third-order valence-electron chi connectivity index (χ3n) is 4.18. The zero-order valence-electron chi connectivity index (χ0n) is 11.2. The van der Waals surface area contributed by atoms with Crippen LogP contribution in [0.3, 0.4) is 0 Å². The summed E-state index contributed by atoms with van der Waals surface area (Å²) in [6.45, 7) is 5.24. The van der Waals surface area contributed by atoms with Crippen LogP contribution in [-0.2, 0) is 4.79 Å². The molecule has 0 aromatic heterocycles. The van der Waals surface area contributed by atoms with Gasteiger partial charge in [-0.1, -0.05) is 33.1 Å². The maximum Gasteiger partial charge on any atom is 0.241 e. The quantitative estimate of drug-likeness (QED) is 0.798. The number of carbonyl (C=O) groups excluding carboxylic acids is 1. The van der Waals surface area contributed by atoms with Gasteiger partial charge < -0.3 is 4.90 Å². The van der Waals surface area contributed by atoms with Crippen molar-refractivity contribution >= 4 is 5.91 Å². The molecule has 0 bridgehead atoms. The van der Waals surface area contributed by atoms with Gasteiger partial charge in [0.25, 0.3) is 0 Å². The van der Waals surface area contributed by atoms with Crippen LogP contribution in [0, 0.1) is 5.92 Å². The van der Waals surface area contributed by atoms with Gasteiger partial charge in [-0.15, -0.1) is 0 Å². The van der Waals surface area contributed by atoms with Crippen molar-refractivity contribution in [2.45, 2.75) is 71.0 Å². The second kappa shape index (κ2) is 5.85. The summed E-state index contributed by atoms with van der Waals surface area (Å²) in [7, 11) is 0. The highest BCUT2D eigenvalue weighted by Crippen LogP contribution is 2.32. The van der Waals surface area contributed by atoms with Crippen molar-refractivity contribution in [1.29, 1.82) is 0 Å². The summed E-state index contributed by atoms with van der Waals surface area (Å²) in [4.78, 5) is 14.4. The maximum absolute atomic E-state index is 12.3. The highest BCUT2D eigenvalue weighted by molar-refractivity contribution is 5.84. The first kappa shape index (κ1) is 12.9. The fourth-order valence-electron chi connectivity index (χ4n) is 3.35. The molecule has 0 aromatic carbocycles. The standard InChI is InChI=1S/C14H26N2O/c1-3-7-12-14(17)16(10-4-2)13(15-12)11-8-5-6-9-11/h11-13,15H,3-10H2,1-2H3. The predicted octanol–water partition coefficient (Wildman–Crippen LogP) is 2.51. The molecule has 0 spiro atoms. The fourth-order valence-corrected chi connectivity index (χ4v) is 3.35. The Kier molecular flexibility index (Phi) is 4.43. The SMILES string of the molecule is CCCC1NC(C2CCCC2)N(CCC)C1=O. The van der Waals surface area contributed by atoms with Gasteiger partial charge in [-0.25, -0.2) is 0 Å². The Balaban J connectivity index is 2.04. The molecule has 2 fully saturated rings. The first-order valence-corrected chi connectivity index (χ1v) is 7.34. The van der Waals surface area contributed by atoms with E-state index in [4.69, 9.17) is 0 Å². The molecule has 0 radical (unpaired) electrons. The van der Waals surface area contributed by atoms with Crippen LogP contribution in [0.2, 0.25) is 0 Å². The Morgan fingerprint density at radius 2 is 1.94 bits per heavy atom. The summed E-state index contributed by atoms with van der Waals surface area (Å²) >= 11 is 0. The second-order valence-electron chi connectivity index (χ2n) is 5.53. The van der Waals surface area contributed by atoms with Crippen molar-refractivity contribution in [1.82, 2.24) is 10.2 Å². The van der Waals surface area contributed by atoms with E-state index in [-0.39, 0.29) is 6.04 Å². The summed E-state index contributed by atoms with van der Waals surface area (Å²) < 4.78 is 0. The van der Waals surface area contributed by atoms with E-state index in [1.54, 1.807) is 0 Å². The van der Waals surface area contributed by atoms with Gasteiger partial charge >= 0.3 is 0 Å². The van der Waals surface area contributed by atoms with Crippen molar-refractivity contribution in [2.75, 3.05) is 6.54 Å². The molecule has 2 atom stereocenters. The first-order valence-electron chi connectivity index (χ1n) is 7.34. The van der Waals surface area contributed by atoms with Crippen molar-refractivity contribution < 1.29 is 4.79 Å². The number of carbonyl (C=O) groups is 1. The third-order valence-corrected chi connectivity index (χ3v) is 4.18. The van der Waals surface area contributed by atoms with Gasteiger partial charge in [0.05, 0.1) is 12.2 Å². The Bertz CT molecular complexity index is 261.